The first-order chi connectivity index (χ1) is 18.5. The predicted molar refractivity (Wildman–Crippen MR) is 142 cm³/mol. The minimum absolute atomic E-state index is 0.00738. The van der Waals surface area contributed by atoms with Crippen LogP contribution in [0.4, 0.5) is 18.9 Å². The van der Waals surface area contributed by atoms with E-state index in [1.165, 1.54) is 30.3 Å². The number of hydrogen-bond acceptors (Lipinski definition) is 5. The Morgan fingerprint density at radius 2 is 1.77 bits per heavy atom. The number of nitriles is 1. The highest BCUT2D eigenvalue weighted by molar-refractivity contribution is 7.91. The van der Waals surface area contributed by atoms with Gasteiger partial charge in [0.2, 0.25) is 0 Å². The fourth-order valence-electron chi connectivity index (χ4n) is 4.72. The highest BCUT2D eigenvalue weighted by Gasteiger charge is 2.31. The smallest absolute Gasteiger partial charge is 0.370 e. The first-order valence-electron chi connectivity index (χ1n) is 12.6. The van der Waals surface area contributed by atoms with Crippen LogP contribution in [-0.2, 0) is 22.6 Å². The van der Waals surface area contributed by atoms with Crippen molar-refractivity contribution in [3.8, 4) is 6.07 Å². The highest BCUT2D eigenvalue weighted by atomic mass is 32.2. The Balaban J connectivity index is 1.43. The van der Waals surface area contributed by atoms with E-state index in [-0.39, 0.29) is 29.0 Å². The number of piperidine rings is 1. The van der Waals surface area contributed by atoms with Gasteiger partial charge in [0.25, 0.3) is 5.91 Å². The number of carbonyl (C=O) groups excluding carboxylic acids is 1. The fourth-order valence-corrected chi connectivity index (χ4v) is 5.60. The Morgan fingerprint density at radius 3 is 2.38 bits per heavy atom. The van der Waals surface area contributed by atoms with E-state index in [4.69, 9.17) is 0 Å². The van der Waals surface area contributed by atoms with Crippen molar-refractivity contribution in [1.82, 2.24) is 5.32 Å². The van der Waals surface area contributed by atoms with Crippen molar-refractivity contribution >= 4 is 21.4 Å². The van der Waals surface area contributed by atoms with Crippen LogP contribution in [0.3, 0.4) is 0 Å². The van der Waals surface area contributed by atoms with Gasteiger partial charge in [-0.3, -0.25) is 4.79 Å². The second kappa shape index (κ2) is 11.5. The van der Waals surface area contributed by atoms with Crippen molar-refractivity contribution in [1.29, 1.82) is 5.26 Å². The molecular weight excluding hydrogens is 527 g/mol. The number of halogens is 3. The lowest BCUT2D eigenvalue weighted by atomic mass is 9.89. The molecule has 1 fully saturated rings. The number of carbonyl (C=O) groups is 1. The number of nitrogens with one attached hydrogen (secondary N) is 1. The molecule has 1 saturated heterocycles. The molecule has 10 heteroatoms. The minimum atomic E-state index is -4.38. The van der Waals surface area contributed by atoms with Gasteiger partial charge in [0.05, 0.1) is 27.5 Å². The summed E-state index contributed by atoms with van der Waals surface area (Å²) in [5.41, 5.74) is 2.21. The molecular formula is C29H28F3N3O3S. The Labute approximate surface area is 226 Å². The van der Waals surface area contributed by atoms with Crippen molar-refractivity contribution < 1.29 is 26.4 Å². The molecule has 0 radical (unpaired) electrons. The molecule has 0 aliphatic carbocycles. The third kappa shape index (κ3) is 6.60. The molecule has 204 valence electrons. The number of amides is 1. The van der Waals surface area contributed by atoms with E-state index < -0.39 is 21.6 Å². The molecule has 3 aromatic carbocycles. The lowest BCUT2D eigenvalue weighted by Crippen LogP contribution is -2.35. The number of anilines is 1. The average Bonchev–Trinajstić information content (AvgIpc) is 2.95. The summed E-state index contributed by atoms with van der Waals surface area (Å²) in [6, 6.07) is 18.6. The van der Waals surface area contributed by atoms with Gasteiger partial charge in [0.1, 0.15) is 6.07 Å². The van der Waals surface area contributed by atoms with Crippen LogP contribution < -0.4 is 10.2 Å². The number of nitrogens with zero attached hydrogens (tertiary/aromatic N) is 2. The quantitative estimate of drug-likeness (QED) is 0.405. The largest absolute Gasteiger partial charge is 0.416 e. The zero-order valence-corrected chi connectivity index (χ0v) is 22.1. The summed E-state index contributed by atoms with van der Waals surface area (Å²) < 4.78 is 62.7. The topological polar surface area (TPSA) is 90.3 Å². The molecule has 39 heavy (non-hydrogen) atoms. The van der Waals surface area contributed by atoms with E-state index in [0.717, 1.165) is 36.1 Å². The Kier molecular flexibility index (Phi) is 8.31. The number of alkyl halides is 3. The van der Waals surface area contributed by atoms with Crippen molar-refractivity contribution in [3.63, 3.8) is 0 Å². The molecule has 0 bridgehead atoms. The third-order valence-electron chi connectivity index (χ3n) is 6.97. The fraction of sp³-hybridized carbons (Fsp3) is 0.310. The normalized spacial score (nSPS) is 16.0. The van der Waals surface area contributed by atoms with E-state index in [1.54, 1.807) is 31.2 Å². The lowest BCUT2D eigenvalue weighted by molar-refractivity contribution is -0.137. The maximum absolute atomic E-state index is 12.9. The molecule has 0 spiro atoms. The zero-order valence-electron chi connectivity index (χ0n) is 21.3. The minimum Gasteiger partial charge on any atom is -0.370 e. The third-order valence-corrected chi connectivity index (χ3v) is 8.72. The van der Waals surface area contributed by atoms with Gasteiger partial charge in [-0.25, -0.2) is 8.42 Å². The van der Waals surface area contributed by atoms with Crippen LogP contribution in [0.15, 0.2) is 71.6 Å². The molecule has 1 N–H and O–H groups in total. The van der Waals surface area contributed by atoms with Gasteiger partial charge >= 0.3 is 6.18 Å². The predicted octanol–water partition coefficient (Wildman–Crippen LogP) is 5.68. The SMILES string of the molecule is CCS(=O)(=O)c1ccc(CNC(=O)c2ccc(N3CCCC(c4ccc(C(F)(F)F)cc4)C3)c(C#N)c2)cc1. The second-order valence-corrected chi connectivity index (χ2v) is 11.8. The van der Waals surface area contributed by atoms with Gasteiger partial charge in [-0.05, 0) is 66.4 Å². The molecule has 1 atom stereocenters. The van der Waals surface area contributed by atoms with Crippen LogP contribution in [0.25, 0.3) is 0 Å². The maximum atomic E-state index is 12.9. The zero-order chi connectivity index (χ0) is 28.2. The van der Waals surface area contributed by atoms with Gasteiger partial charge in [0.15, 0.2) is 9.84 Å². The highest BCUT2D eigenvalue weighted by Crippen LogP contribution is 2.34. The monoisotopic (exact) mass is 555 g/mol. The Hall–Kier alpha value is -3.84. The molecule has 6 nitrogen and oxygen atoms in total. The molecule has 3 aromatic rings. The second-order valence-electron chi connectivity index (χ2n) is 9.48. The van der Waals surface area contributed by atoms with E-state index in [1.807, 2.05) is 4.90 Å². The summed E-state index contributed by atoms with van der Waals surface area (Å²) in [7, 11) is -3.30. The molecule has 1 aliphatic rings. The molecule has 0 saturated carbocycles. The Bertz CT molecular complexity index is 1480. The van der Waals surface area contributed by atoms with Crippen LogP contribution in [0, 0.1) is 11.3 Å². The van der Waals surface area contributed by atoms with Gasteiger partial charge in [-0.2, -0.15) is 18.4 Å². The molecule has 4 rings (SSSR count). The maximum Gasteiger partial charge on any atom is 0.416 e. The van der Waals surface area contributed by atoms with Gasteiger partial charge < -0.3 is 10.2 Å². The van der Waals surface area contributed by atoms with E-state index in [0.29, 0.717) is 29.9 Å². The van der Waals surface area contributed by atoms with Crippen LogP contribution >= 0.6 is 0 Å². The van der Waals surface area contributed by atoms with Gasteiger partial charge in [0, 0.05) is 31.1 Å². The standard InChI is InChI=1S/C29H28F3N3O3S/c1-2-39(37,38)26-12-5-20(6-13-26)18-34-28(36)22-9-14-27(24(16-22)17-33)35-15-3-4-23(19-35)21-7-10-25(11-8-21)29(30,31)32/h5-14,16,23H,2-4,15,18-19H2,1H3,(H,34,36). The number of rotatable bonds is 7. The van der Waals surface area contributed by atoms with Crippen molar-refractivity contribution in [2.45, 2.75) is 43.3 Å². The van der Waals surface area contributed by atoms with Crippen LogP contribution in [-0.4, -0.2) is 33.2 Å². The summed E-state index contributed by atoms with van der Waals surface area (Å²) >= 11 is 0. The molecule has 1 heterocycles. The molecule has 1 unspecified atom stereocenters. The molecule has 1 amide bonds. The van der Waals surface area contributed by atoms with Crippen molar-refractivity contribution in [2.24, 2.45) is 0 Å². The Morgan fingerprint density at radius 1 is 1.08 bits per heavy atom. The first kappa shape index (κ1) is 28.2. The van der Waals surface area contributed by atoms with Crippen molar-refractivity contribution in [2.75, 3.05) is 23.7 Å². The van der Waals surface area contributed by atoms with E-state index >= 15 is 0 Å². The van der Waals surface area contributed by atoms with E-state index in [2.05, 4.69) is 11.4 Å². The summed E-state index contributed by atoms with van der Waals surface area (Å²) in [4.78, 5) is 15.0. The molecule has 0 aromatic heterocycles. The molecule has 1 aliphatic heterocycles. The van der Waals surface area contributed by atoms with Crippen LogP contribution in [0.5, 0.6) is 0 Å². The van der Waals surface area contributed by atoms with Crippen LogP contribution in [0.2, 0.25) is 0 Å². The van der Waals surface area contributed by atoms with Crippen molar-refractivity contribution in [3.05, 3.63) is 94.5 Å². The lowest BCUT2D eigenvalue weighted by Gasteiger charge is -2.35. The number of sulfone groups is 1. The van der Waals surface area contributed by atoms with Crippen LogP contribution in [0.1, 0.15) is 58.3 Å². The number of hydrogen-bond donors (Lipinski definition) is 1. The summed E-state index contributed by atoms with van der Waals surface area (Å²) in [6.45, 7) is 3.01. The van der Waals surface area contributed by atoms with Gasteiger partial charge in [-0.15, -0.1) is 0 Å². The summed E-state index contributed by atoms with van der Waals surface area (Å²) in [5, 5.41) is 12.6. The summed E-state index contributed by atoms with van der Waals surface area (Å²) in [6.07, 6.45) is -2.73. The average molecular weight is 556 g/mol. The van der Waals surface area contributed by atoms with E-state index in [9.17, 15) is 31.6 Å². The summed E-state index contributed by atoms with van der Waals surface area (Å²) in [5.74, 6) is -0.341. The first-order valence-corrected chi connectivity index (χ1v) is 14.2. The van der Waals surface area contributed by atoms with Gasteiger partial charge in [-0.1, -0.05) is 31.2 Å². The number of benzene rings is 3.